The van der Waals surface area contributed by atoms with Crippen LogP contribution in [0.4, 0.5) is 0 Å². The quantitative estimate of drug-likeness (QED) is 0.470. The highest BCUT2D eigenvalue weighted by atomic mass is 16.5. The maximum Gasteiger partial charge on any atom is 0.338 e. The highest BCUT2D eigenvalue weighted by Crippen LogP contribution is 2.13. The molecule has 1 heterocycles. The molecule has 0 atom stereocenters. The number of esters is 1. The van der Waals surface area contributed by atoms with Crippen LogP contribution < -0.4 is 10.1 Å². The van der Waals surface area contributed by atoms with E-state index in [0.29, 0.717) is 18.7 Å². The van der Waals surface area contributed by atoms with Gasteiger partial charge in [-0.05, 0) is 61.9 Å². The van der Waals surface area contributed by atoms with Gasteiger partial charge in [0.1, 0.15) is 12.4 Å². The zero-order chi connectivity index (χ0) is 20.6. The SMILES string of the molecule is Cc1cccc(OCCNC(=O)COC(=O)c2ccc(-n3nccc3C)cc2)c1. The fraction of sp³-hybridized carbons (Fsp3) is 0.227. The smallest absolute Gasteiger partial charge is 0.338 e. The van der Waals surface area contributed by atoms with Gasteiger partial charge in [-0.3, -0.25) is 4.79 Å². The third kappa shape index (κ3) is 5.68. The Morgan fingerprint density at radius 1 is 1.07 bits per heavy atom. The second kappa shape index (κ2) is 9.54. The molecule has 0 aliphatic rings. The van der Waals surface area contributed by atoms with Crippen LogP contribution in [0.1, 0.15) is 21.6 Å². The van der Waals surface area contributed by atoms with Crippen molar-refractivity contribution in [2.75, 3.05) is 19.8 Å². The number of aryl methyl sites for hydroxylation is 2. The molecule has 150 valence electrons. The van der Waals surface area contributed by atoms with Crippen LogP contribution in [0, 0.1) is 13.8 Å². The average molecular weight is 393 g/mol. The summed E-state index contributed by atoms with van der Waals surface area (Å²) in [6.45, 7) is 4.23. The number of ether oxygens (including phenoxy) is 2. The zero-order valence-corrected chi connectivity index (χ0v) is 16.4. The van der Waals surface area contributed by atoms with Crippen LogP contribution in [0.3, 0.4) is 0 Å². The summed E-state index contributed by atoms with van der Waals surface area (Å²) in [5.74, 6) is -0.186. The molecular formula is C22H23N3O4. The van der Waals surface area contributed by atoms with Gasteiger partial charge in [-0.1, -0.05) is 12.1 Å². The van der Waals surface area contributed by atoms with Crippen molar-refractivity contribution in [1.29, 1.82) is 0 Å². The second-order valence-electron chi connectivity index (χ2n) is 6.52. The molecule has 0 aliphatic heterocycles. The van der Waals surface area contributed by atoms with Crippen LogP contribution >= 0.6 is 0 Å². The molecule has 7 nitrogen and oxygen atoms in total. The van der Waals surface area contributed by atoms with E-state index in [2.05, 4.69) is 10.4 Å². The van der Waals surface area contributed by atoms with Crippen LogP contribution in [-0.2, 0) is 9.53 Å². The maximum atomic E-state index is 12.1. The van der Waals surface area contributed by atoms with Crippen molar-refractivity contribution in [2.24, 2.45) is 0 Å². The molecule has 0 radical (unpaired) electrons. The van der Waals surface area contributed by atoms with E-state index in [0.717, 1.165) is 22.7 Å². The summed E-state index contributed by atoms with van der Waals surface area (Å²) in [5, 5.41) is 6.87. The summed E-state index contributed by atoms with van der Waals surface area (Å²) in [6, 6.07) is 16.4. The van der Waals surface area contributed by atoms with E-state index in [1.165, 1.54) is 0 Å². The molecule has 7 heteroatoms. The van der Waals surface area contributed by atoms with Crippen LogP contribution in [0.5, 0.6) is 5.75 Å². The van der Waals surface area contributed by atoms with Crippen LogP contribution in [-0.4, -0.2) is 41.4 Å². The minimum atomic E-state index is -0.556. The van der Waals surface area contributed by atoms with E-state index >= 15 is 0 Å². The molecule has 0 unspecified atom stereocenters. The second-order valence-corrected chi connectivity index (χ2v) is 6.52. The van der Waals surface area contributed by atoms with Crippen molar-refractivity contribution in [3.63, 3.8) is 0 Å². The number of amides is 1. The van der Waals surface area contributed by atoms with Crippen molar-refractivity contribution in [1.82, 2.24) is 15.1 Å². The van der Waals surface area contributed by atoms with E-state index in [1.54, 1.807) is 35.1 Å². The fourth-order valence-electron chi connectivity index (χ4n) is 2.71. The van der Waals surface area contributed by atoms with Crippen LogP contribution in [0.15, 0.2) is 60.8 Å². The van der Waals surface area contributed by atoms with E-state index in [-0.39, 0.29) is 12.5 Å². The molecule has 1 amide bonds. The lowest BCUT2D eigenvalue weighted by molar-refractivity contribution is -0.124. The molecule has 0 aliphatic carbocycles. The van der Waals surface area contributed by atoms with Gasteiger partial charge < -0.3 is 14.8 Å². The average Bonchev–Trinajstić information content (AvgIpc) is 3.15. The van der Waals surface area contributed by atoms with Crippen molar-refractivity contribution < 1.29 is 19.1 Å². The van der Waals surface area contributed by atoms with Gasteiger partial charge in [0.25, 0.3) is 5.91 Å². The number of nitrogens with one attached hydrogen (secondary N) is 1. The van der Waals surface area contributed by atoms with Gasteiger partial charge in [0.05, 0.1) is 17.8 Å². The lowest BCUT2D eigenvalue weighted by Crippen LogP contribution is -2.32. The first kappa shape index (κ1) is 20.1. The van der Waals surface area contributed by atoms with Gasteiger partial charge in [-0.15, -0.1) is 0 Å². The Labute approximate surface area is 169 Å². The Bertz CT molecular complexity index is 980. The molecule has 1 N–H and O–H groups in total. The van der Waals surface area contributed by atoms with E-state index < -0.39 is 5.97 Å². The number of aromatic nitrogens is 2. The molecule has 1 aromatic heterocycles. The number of hydrogen-bond donors (Lipinski definition) is 1. The lowest BCUT2D eigenvalue weighted by Gasteiger charge is -2.09. The summed E-state index contributed by atoms with van der Waals surface area (Å²) >= 11 is 0. The lowest BCUT2D eigenvalue weighted by atomic mass is 10.2. The Morgan fingerprint density at radius 3 is 2.55 bits per heavy atom. The first-order valence-electron chi connectivity index (χ1n) is 9.27. The number of rotatable bonds is 8. The molecule has 29 heavy (non-hydrogen) atoms. The van der Waals surface area contributed by atoms with Gasteiger partial charge in [-0.25, -0.2) is 9.48 Å². The standard InChI is InChI=1S/C22H23N3O4/c1-16-4-3-5-20(14-16)28-13-12-23-21(26)15-29-22(27)18-6-8-19(9-7-18)25-17(2)10-11-24-25/h3-11,14H,12-13,15H2,1-2H3,(H,23,26). The third-order valence-electron chi connectivity index (χ3n) is 4.20. The summed E-state index contributed by atoms with van der Waals surface area (Å²) in [6.07, 6.45) is 1.71. The topological polar surface area (TPSA) is 82.5 Å². The first-order chi connectivity index (χ1) is 14.0. The Balaban J connectivity index is 1.39. The number of carbonyl (C=O) groups excluding carboxylic acids is 2. The molecule has 3 aromatic rings. The van der Waals surface area contributed by atoms with Gasteiger partial charge in [0, 0.05) is 11.9 Å². The molecule has 0 saturated carbocycles. The maximum absolute atomic E-state index is 12.1. The number of nitrogens with zero attached hydrogens (tertiary/aromatic N) is 2. The molecule has 0 saturated heterocycles. The van der Waals surface area contributed by atoms with Gasteiger partial charge in [0.2, 0.25) is 0 Å². The van der Waals surface area contributed by atoms with Crippen molar-refractivity contribution in [3.05, 3.63) is 77.6 Å². The monoisotopic (exact) mass is 393 g/mol. The third-order valence-corrected chi connectivity index (χ3v) is 4.20. The van der Waals surface area contributed by atoms with Crippen LogP contribution in [0.25, 0.3) is 5.69 Å². The molecule has 0 fully saturated rings. The van der Waals surface area contributed by atoms with Crippen molar-refractivity contribution in [3.8, 4) is 11.4 Å². The Kier molecular flexibility index (Phi) is 6.63. The normalized spacial score (nSPS) is 10.4. The Hall–Kier alpha value is -3.61. The van der Waals surface area contributed by atoms with E-state index in [9.17, 15) is 9.59 Å². The molecule has 2 aromatic carbocycles. The predicted octanol–water partition coefficient (Wildman–Crippen LogP) is 2.84. The molecule has 0 bridgehead atoms. The number of carbonyl (C=O) groups is 2. The van der Waals surface area contributed by atoms with E-state index in [4.69, 9.17) is 9.47 Å². The Morgan fingerprint density at radius 2 is 1.86 bits per heavy atom. The van der Waals surface area contributed by atoms with Crippen molar-refractivity contribution >= 4 is 11.9 Å². The number of benzene rings is 2. The highest BCUT2D eigenvalue weighted by molar-refractivity contribution is 5.91. The molecule has 0 spiro atoms. The fourth-order valence-corrected chi connectivity index (χ4v) is 2.71. The summed E-state index contributed by atoms with van der Waals surface area (Å²) in [4.78, 5) is 23.9. The zero-order valence-electron chi connectivity index (χ0n) is 16.4. The van der Waals surface area contributed by atoms with Gasteiger partial charge >= 0.3 is 5.97 Å². The molecular weight excluding hydrogens is 370 g/mol. The summed E-state index contributed by atoms with van der Waals surface area (Å²) < 4.78 is 12.4. The summed E-state index contributed by atoms with van der Waals surface area (Å²) in [5.41, 5.74) is 3.30. The summed E-state index contributed by atoms with van der Waals surface area (Å²) in [7, 11) is 0. The highest BCUT2D eigenvalue weighted by Gasteiger charge is 2.11. The number of hydrogen-bond acceptors (Lipinski definition) is 5. The minimum Gasteiger partial charge on any atom is -0.492 e. The van der Waals surface area contributed by atoms with Crippen molar-refractivity contribution in [2.45, 2.75) is 13.8 Å². The molecule has 3 rings (SSSR count). The van der Waals surface area contributed by atoms with Gasteiger partial charge in [0.15, 0.2) is 6.61 Å². The van der Waals surface area contributed by atoms with Crippen LogP contribution in [0.2, 0.25) is 0 Å². The predicted molar refractivity (Wildman–Crippen MR) is 108 cm³/mol. The van der Waals surface area contributed by atoms with Gasteiger partial charge in [-0.2, -0.15) is 5.10 Å². The van der Waals surface area contributed by atoms with E-state index in [1.807, 2.05) is 44.2 Å². The minimum absolute atomic E-state index is 0.322. The largest absolute Gasteiger partial charge is 0.492 e. The first-order valence-corrected chi connectivity index (χ1v) is 9.27.